The van der Waals surface area contributed by atoms with Crippen molar-refractivity contribution in [3.63, 3.8) is 0 Å². The van der Waals surface area contributed by atoms with Crippen LogP contribution in [0.15, 0.2) is 12.4 Å². The Labute approximate surface area is 99.3 Å². The third-order valence-corrected chi connectivity index (χ3v) is 2.88. The molecule has 1 saturated heterocycles. The maximum atomic E-state index is 11.8. The molecule has 6 heteroatoms. The van der Waals surface area contributed by atoms with Crippen LogP contribution in [0.3, 0.4) is 0 Å². The van der Waals surface area contributed by atoms with Crippen LogP contribution >= 0.6 is 0 Å². The summed E-state index contributed by atoms with van der Waals surface area (Å²) in [6.07, 6.45) is 2.94. The van der Waals surface area contributed by atoms with Gasteiger partial charge in [-0.05, 0) is 13.8 Å². The Morgan fingerprint density at radius 3 is 2.82 bits per heavy atom. The topological polar surface area (TPSA) is 81.9 Å². The first-order chi connectivity index (χ1) is 8.05. The second-order valence-corrected chi connectivity index (χ2v) is 4.34. The van der Waals surface area contributed by atoms with Gasteiger partial charge in [0.1, 0.15) is 17.4 Å². The normalized spacial score (nSPS) is 18.4. The molecular weight excluding hydrogens is 218 g/mol. The molecule has 0 spiro atoms. The number of nitrogens with one attached hydrogen (secondary N) is 1. The third-order valence-electron chi connectivity index (χ3n) is 2.88. The van der Waals surface area contributed by atoms with Crippen LogP contribution in [-0.2, 0) is 4.79 Å². The molecule has 1 amide bonds. The van der Waals surface area contributed by atoms with E-state index in [-0.39, 0.29) is 11.6 Å². The highest BCUT2D eigenvalue weighted by Gasteiger charge is 2.38. The van der Waals surface area contributed by atoms with Gasteiger partial charge in [0.15, 0.2) is 5.69 Å². The zero-order valence-electron chi connectivity index (χ0n) is 9.77. The standard InChI is InChI=1S/C11H13N5O/c1-11(2)10(17)13-3-4-16(11)9-7-14-8(5-12)6-15-9/h6-7H,3-4H2,1-2H3,(H,13,17). The molecule has 2 rings (SSSR count). The van der Waals surface area contributed by atoms with Crippen LogP contribution in [0.2, 0.25) is 0 Å². The van der Waals surface area contributed by atoms with E-state index in [1.54, 1.807) is 0 Å². The number of hydrogen-bond acceptors (Lipinski definition) is 5. The molecule has 1 aliphatic heterocycles. The van der Waals surface area contributed by atoms with Gasteiger partial charge in [-0.15, -0.1) is 0 Å². The van der Waals surface area contributed by atoms with Crippen LogP contribution in [-0.4, -0.2) is 34.5 Å². The van der Waals surface area contributed by atoms with Gasteiger partial charge in [-0.25, -0.2) is 9.97 Å². The van der Waals surface area contributed by atoms with Gasteiger partial charge in [0.2, 0.25) is 5.91 Å². The van der Waals surface area contributed by atoms with Crippen molar-refractivity contribution >= 4 is 11.7 Å². The number of nitriles is 1. The van der Waals surface area contributed by atoms with Crippen molar-refractivity contribution < 1.29 is 4.79 Å². The van der Waals surface area contributed by atoms with Gasteiger partial charge in [0.25, 0.3) is 0 Å². The summed E-state index contributed by atoms with van der Waals surface area (Å²) >= 11 is 0. The fourth-order valence-electron chi connectivity index (χ4n) is 1.82. The van der Waals surface area contributed by atoms with E-state index in [1.165, 1.54) is 12.4 Å². The van der Waals surface area contributed by atoms with Gasteiger partial charge in [-0.3, -0.25) is 4.79 Å². The fourth-order valence-corrected chi connectivity index (χ4v) is 1.82. The van der Waals surface area contributed by atoms with Crippen molar-refractivity contribution in [2.45, 2.75) is 19.4 Å². The fraction of sp³-hybridized carbons (Fsp3) is 0.455. The van der Waals surface area contributed by atoms with Crippen LogP contribution in [0.5, 0.6) is 0 Å². The molecule has 2 heterocycles. The average molecular weight is 231 g/mol. The first kappa shape index (κ1) is 11.3. The van der Waals surface area contributed by atoms with Gasteiger partial charge in [0.05, 0.1) is 12.4 Å². The van der Waals surface area contributed by atoms with Crippen LogP contribution in [0, 0.1) is 11.3 Å². The first-order valence-corrected chi connectivity index (χ1v) is 5.34. The van der Waals surface area contributed by atoms with Gasteiger partial charge in [-0.2, -0.15) is 5.26 Å². The quantitative estimate of drug-likeness (QED) is 0.739. The maximum absolute atomic E-state index is 11.8. The second kappa shape index (κ2) is 4.01. The minimum absolute atomic E-state index is 0.0325. The lowest BCUT2D eigenvalue weighted by molar-refractivity contribution is -0.126. The molecule has 0 aliphatic carbocycles. The van der Waals surface area contributed by atoms with Crippen molar-refractivity contribution in [2.24, 2.45) is 0 Å². The Morgan fingerprint density at radius 1 is 1.47 bits per heavy atom. The Bertz CT molecular complexity index is 474. The Balaban J connectivity index is 2.32. The van der Waals surface area contributed by atoms with Crippen LogP contribution in [0.25, 0.3) is 0 Å². The molecule has 1 N–H and O–H groups in total. The highest BCUT2D eigenvalue weighted by Crippen LogP contribution is 2.23. The molecule has 0 radical (unpaired) electrons. The molecule has 6 nitrogen and oxygen atoms in total. The van der Waals surface area contributed by atoms with E-state index < -0.39 is 5.54 Å². The van der Waals surface area contributed by atoms with E-state index >= 15 is 0 Å². The molecule has 17 heavy (non-hydrogen) atoms. The summed E-state index contributed by atoms with van der Waals surface area (Å²) in [6, 6.07) is 1.92. The summed E-state index contributed by atoms with van der Waals surface area (Å²) in [5.74, 6) is 0.582. The molecule has 0 saturated carbocycles. The van der Waals surface area contributed by atoms with Crippen molar-refractivity contribution in [1.29, 1.82) is 5.26 Å². The summed E-state index contributed by atoms with van der Waals surface area (Å²) in [4.78, 5) is 21.8. The predicted molar refractivity (Wildman–Crippen MR) is 61.2 cm³/mol. The lowest BCUT2D eigenvalue weighted by atomic mass is 9.99. The number of nitrogens with zero attached hydrogens (tertiary/aromatic N) is 4. The molecule has 1 aromatic heterocycles. The summed E-state index contributed by atoms with van der Waals surface area (Å²) < 4.78 is 0. The smallest absolute Gasteiger partial charge is 0.245 e. The number of amides is 1. The van der Waals surface area contributed by atoms with Crippen LogP contribution in [0.4, 0.5) is 5.82 Å². The van der Waals surface area contributed by atoms with E-state index in [4.69, 9.17) is 5.26 Å². The zero-order chi connectivity index (χ0) is 12.5. The van der Waals surface area contributed by atoms with Gasteiger partial charge in [-0.1, -0.05) is 0 Å². The number of piperazine rings is 1. The molecule has 1 aliphatic rings. The molecule has 0 aromatic carbocycles. The molecular formula is C11H13N5O. The molecule has 1 aromatic rings. The van der Waals surface area contributed by atoms with Crippen molar-refractivity contribution in [2.75, 3.05) is 18.0 Å². The van der Waals surface area contributed by atoms with Gasteiger partial charge < -0.3 is 10.2 Å². The SMILES string of the molecule is CC1(C)C(=O)NCCN1c1cnc(C#N)cn1. The lowest BCUT2D eigenvalue weighted by Crippen LogP contribution is -2.62. The second-order valence-electron chi connectivity index (χ2n) is 4.34. The lowest BCUT2D eigenvalue weighted by Gasteiger charge is -2.41. The number of carbonyl (C=O) groups excluding carboxylic acids is 1. The van der Waals surface area contributed by atoms with Crippen LogP contribution < -0.4 is 10.2 Å². The Morgan fingerprint density at radius 2 is 2.24 bits per heavy atom. The molecule has 1 fully saturated rings. The molecule has 0 bridgehead atoms. The summed E-state index contributed by atoms with van der Waals surface area (Å²) in [5.41, 5.74) is -0.380. The molecule has 88 valence electrons. The number of aromatic nitrogens is 2. The zero-order valence-corrected chi connectivity index (χ0v) is 9.77. The van der Waals surface area contributed by atoms with E-state index in [0.29, 0.717) is 18.9 Å². The minimum Gasteiger partial charge on any atom is -0.352 e. The number of anilines is 1. The predicted octanol–water partition coefficient (Wildman–Crippen LogP) is 0.0631. The van der Waals surface area contributed by atoms with Crippen molar-refractivity contribution in [1.82, 2.24) is 15.3 Å². The number of carbonyl (C=O) groups is 1. The van der Waals surface area contributed by atoms with Crippen molar-refractivity contribution in [3.8, 4) is 6.07 Å². The van der Waals surface area contributed by atoms with Crippen LogP contribution in [0.1, 0.15) is 19.5 Å². The maximum Gasteiger partial charge on any atom is 0.245 e. The summed E-state index contributed by atoms with van der Waals surface area (Å²) in [6.45, 7) is 4.94. The van der Waals surface area contributed by atoms with E-state index in [2.05, 4.69) is 15.3 Å². The number of hydrogen-bond donors (Lipinski definition) is 1. The summed E-state index contributed by atoms with van der Waals surface area (Å²) in [5, 5.41) is 11.5. The minimum atomic E-state index is -0.652. The highest BCUT2D eigenvalue weighted by molar-refractivity contribution is 5.90. The van der Waals surface area contributed by atoms with E-state index in [1.807, 2.05) is 24.8 Å². The summed E-state index contributed by atoms with van der Waals surface area (Å²) in [7, 11) is 0. The van der Waals surface area contributed by atoms with E-state index in [0.717, 1.165) is 0 Å². The average Bonchev–Trinajstić information content (AvgIpc) is 2.33. The third kappa shape index (κ3) is 1.91. The highest BCUT2D eigenvalue weighted by atomic mass is 16.2. The first-order valence-electron chi connectivity index (χ1n) is 5.34. The largest absolute Gasteiger partial charge is 0.352 e. The monoisotopic (exact) mass is 231 g/mol. The van der Waals surface area contributed by atoms with Crippen molar-refractivity contribution in [3.05, 3.63) is 18.1 Å². The Kier molecular flexibility index (Phi) is 2.68. The molecule has 0 unspecified atom stereocenters. The Hall–Kier alpha value is -2.16. The van der Waals surface area contributed by atoms with E-state index in [9.17, 15) is 4.79 Å². The van der Waals surface area contributed by atoms with Gasteiger partial charge >= 0.3 is 0 Å². The number of rotatable bonds is 1. The molecule has 0 atom stereocenters. The van der Waals surface area contributed by atoms with Gasteiger partial charge in [0, 0.05) is 13.1 Å².